The predicted octanol–water partition coefficient (Wildman–Crippen LogP) is 3.15. The van der Waals surface area contributed by atoms with Crippen LogP contribution in [0.5, 0.6) is 0 Å². The van der Waals surface area contributed by atoms with E-state index in [0.29, 0.717) is 13.0 Å². The van der Waals surface area contributed by atoms with Crippen molar-refractivity contribution in [2.24, 2.45) is 0 Å². The number of carbonyl (C=O) groups is 2. The van der Waals surface area contributed by atoms with E-state index in [1.807, 2.05) is 54.4 Å². The second-order valence-electron chi connectivity index (χ2n) is 5.80. The summed E-state index contributed by atoms with van der Waals surface area (Å²) in [6.45, 7) is 2.38. The average Bonchev–Trinajstić information content (AvgIpc) is 2.92. The molecular formula is C18H21ClN2O2S. The SMILES string of the molecule is CC(=O)[C@H](Cc1ccccc1)NC(=O)CN(C)Cc1ccc(Cl)s1. The van der Waals surface area contributed by atoms with Gasteiger partial charge in [-0.25, -0.2) is 0 Å². The number of hydrogen-bond donors (Lipinski definition) is 1. The van der Waals surface area contributed by atoms with Gasteiger partial charge in [0.25, 0.3) is 0 Å². The zero-order valence-corrected chi connectivity index (χ0v) is 15.4. The van der Waals surface area contributed by atoms with E-state index in [4.69, 9.17) is 11.6 Å². The number of rotatable bonds is 8. The monoisotopic (exact) mass is 364 g/mol. The molecule has 1 atom stereocenters. The van der Waals surface area contributed by atoms with E-state index >= 15 is 0 Å². The summed E-state index contributed by atoms with van der Waals surface area (Å²) in [6.07, 6.45) is 0.506. The van der Waals surface area contributed by atoms with E-state index in [1.165, 1.54) is 18.3 Å². The van der Waals surface area contributed by atoms with Gasteiger partial charge in [0, 0.05) is 11.4 Å². The fourth-order valence-corrected chi connectivity index (χ4v) is 3.56. The van der Waals surface area contributed by atoms with Crippen LogP contribution in [-0.4, -0.2) is 36.2 Å². The molecule has 1 N–H and O–H groups in total. The van der Waals surface area contributed by atoms with Crippen molar-refractivity contribution in [1.82, 2.24) is 10.2 Å². The first kappa shape index (κ1) is 18.6. The van der Waals surface area contributed by atoms with Crippen LogP contribution in [0.3, 0.4) is 0 Å². The van der Waals surface area contributed by atoms with Crippen LogP contribution in [-0.2, 0) is 22.6 Å². The van der Waals surface area contributed by atoms with Crippen molar-refractivity contribution < 1.29 is 9.59 Å². The maximum absolute atomic E-state index is 12.2. The molecule has 0 radical (unpaired) electrons. The summed E-state index contributed by atoms with van der Waals surface area (Å²) in [7, 11) is 1.87. The van der Waals surface area contributed by atoms with Crippen molar-refractivity contribution in [2.45, 2.75) is 25.9 Å². The Bertz CT molecular complexity index is 687. The van der Waals surface area contributed by atoms with Gasteiger partial charge >= 0.3 is 0 Å². The van der Waals surface area contributed by atoms with Crippen molar-refractivity contribution in [2.75, 3.05) is 13.6 Å². The molecule has 0 unspecified atom stereocenters. The highest BCUT2D eigenvalue weighted by molar-refractivity contribution is 7.16. The average molecular weight is 365 g/mol. The van der Waals surface area contributed by atoms with Crippen LogP contribution in [0.25, 0.3) is 0 Å². The molecule has 2 aromatic rings. The van der Waals surface area contributed by atoms with Gasteiger partial charge in [0.05, 0.1) is 16.9 Å². The van der Waals surface area contributed by atoms with E-state index in [-0.39, 0.29) is 18.2 Å². The normalized spacial score (nSPS) is 12.2. The molecule has 0 saturated carbocycles. The largest absolute Gasteiger partial charge is 0.345 e. The topological polar surface area (TPSA) is 49.4 Å². The Labute approximate surface area is 151 Å². The van der Waals surface area contributed by atoms with Crippen LogP contribution in [0.15, 0.2) is 42.5 Å². The van der Waals surface area contributed by atoms with Gasteiger partial charge in [0.2, 0.25) is 5.91 Å². The molecule has 0 saturated heterocycles. The van der Waals surface area contributed by atoms with Gasteiger partial charge in [-0.05, 0) is 38.1 Å². The van der Waals surface area contributed by atoms with E-state index in [0.717, 1.165) is 14.8 Å². The summed E-state index contributed by atoms with van der Waals surface area (Å²) < 4.78 is 0.738. The lowest BCUT2D eigenvalue weighted by Crippen LogP contribution is -2.45. The minimum Gasteiger partial charge on any atom is -0.345 e. The molecule has 4 nitrogen and oxygen atoms in total. The van der Waals surface area contributed by atoms with Crippen LogP contribution in [0, 0.1) is 0 Å². The van der Waals surface area contributed by atoms with Crippen molar-refractivity contribution in [3.05, 3.63) is 57.2 Å². The second-order valence-corrected chi connectivity index (χ2v) is 7.60. The maximum Gasteiger partial charge on any atom is 0.234 e. The van der Waals surface area contributed by atoms with Crippen molar-refractivity contribution in [1.29, 1.82) is 0 Å². The third-order valence-electron chi connectivity index (χ3n) is 3.58. The Balaban J connectivity index is 1.87. The Morgan fingerprint density at radius 2 is 1.92 bits per heavy atom. The number of nitrogens with zero attached hydrogens (tertiary/aromatic N) is 1. The van der Waals surface area contributed by atoms with Crippen molar-refractivity contribution in [3.8, 4) is 0 Å². The summed E-state index contributed by atoms with van der Waals surface area (Å²) >= 11 is 7.42. The molecule has 0 aliphatic rings. The molecule has 128 valence electrons. The fraction of sp³-hybridized carbons (Fsp3) is 0.333. The van der Waals surface area contributed by atoms with Crippen LogP contribution in [0.1, 0.15) is 17.4 Å². The van der Waals surface area contributed by atoms with Crippen LogP contribution < -0.4 is 5.32 Å². The number of thiophene rings is 1. The highest BCUT2D eigenvalue weighted by atomic mass is 35.5. The Morgan fingerprint density at radius 1 is 1.21 bits per heavy atom. The van der Waals surface area contributed by atoms with Crippen LogP contribution in [0.2, 0.25) is 4.34 Å². The minimum absolute atomic E-state index is 0.0418. The maximum atomic E-state index is 12.2. The van der Waals surface area contributed by atoms with Gasteiger partial charge in [-0.15, -0.1) is 11.3 Å². The fourth-order valence-electron chi connectivity index (χ4n) is 2.39. The summed E-state index contributed by atoms with van der Waals surface area (Å²) in [5.41, 5.74) is 1.03. The van der Waals surface area contributed by atoms with E-state index in [2.05, 4.69) is 5.32 Å². The first-order valence-corrected chi connectivity index (χ1v) is 8.90. The standard InChI is InChI=1S/C18H21ClN2O2S/c1-13(22)16(10-14-6-4-3-5-7-14)20-18(23)12-21(2)11-15-8-9-17(19)24-15/h3-9,16H,10-12H2,1-2H3,(H,20,23)/t16-/m0/s1. The molecule has 1 amide bonds. The quantitative estimate of drug-likeness (QED) is 0.782. The number of halogens is 1. The molecule has 0 fully saturated rings. The predicted molar refractivity (Wildman–Crippen MR) is 98.4 cm³/mol. The van der Waals surface area contributed by atoms with Gasteiger partial charge in [-0.2, -0.15) is 0 Å². The van der Waals surface area contributed by atoms with Crippen LogP contribution in [0.4, 0.5) is 0 Å². The number of Topliss-reactive ketones (excluding diaryl/α,β-unsaturated/α-hetero) is 1. The van der Waals surface area contributed by atoms with Crippen LogP contribution >= 0.6 is 22.9 Å². The lowest BCUT2D eigenvalue weighted by Gasteiger charge is -2.19. The number of carbonyl (C=O) groups excluding carboxylic acids is 2. The number of nitrogens with one attached hydrogen (secondary N) is 1. The molecule has 1 aromatic carbocycles. The van der Waals surface area contributed by atoms with Crippen molar-refractivity contribution in [3.63, 3.8) is 0 Å². The lowest BCUT2D eigenvalue weighted by molar-refractivity contribution is -0.127. The lowest BCUT2D eigenvalue weighted by atomic mass is 10.0. The first-order chi connectivity index (χ1) is 11.4. The molecule has 0 bridgehead atoms. The molecule has 2 rings (SSSR count). The number of benzene rings is 1. The van der Waals surface area contributed by atoms with E-state index < -0.39 is 6.04 Å². The summed E-state index contributed by atoms with van der Waals surface area (Å²) in [5, 5.41) is 2.83. The Hall–Kier alpha value is -1.69. The number of likely N-dealkylation sites (N-methyl/N-ethyl adjacent to an activating group) is 1. The zero-order valence-electron chi connectivity index (χ0n) is 13.8. The van der Waals surface area contributed by atoms with Gasteiger partial charge < -0.3 is 5.32 Å². The molecule has 24 heavy (non-hydrogen) atoms. The molecular weight excluding hydrogens is 344 g/mol. The van der Waals surface area contributed by atoms with Gasteiger partial charge in [-0.1, -0.05) is 41.9 Å². The van der Waals surface area contributed by atoms with Crippen molar-refractivity contribution >= 4 is 34.6 Å². The molecule has 1 heterocycles. The highest BCUT2D eigenvalue weighted by Gasteiger charge is 2.18. The second kappa shape index (κ2) is 8.97. The Kier molecular flexibility index (Phi) is 6.97. The third kappa shape index (κ3) is 6.07. The third-order valence-corrected chi connectivity index (χ3v) is 4.79. The summed E-state index contributed by atoms with van der Waals surface area (Å²) in [6, 6.07) is 13.0. The Morgan fingerprint density at radius 3 is 2.50 bits per heavy atom. The number of amides is 1. The summed E-state index contributed by atoms with van der Waals surface area (Å²) in [4.78, 5) is 27.0. The van der Waals surface area contributed by atoms with Gasteiger partial charge in [-0.3, -0.25) is 14.5 Å². The number of hydrogen-bond acceptors (Lipinski definition) is 4. The molecule has 0 aliphatic heterocycles. The molecule has 0 spiro atoms. The van der Waals surface area contributed by atoms with E-state index in [1.54, 1.807) is 0 Å². The molecule has 0 aliphatic carbocycles. The zero-order chi connectivity index (χ0) is 17.5. The molecule has 1 aromatic heterocycles. The van der Waals surface area contributed by atoms with E-state index in [9.17, 15) is 9.59 Å². The van der Waals surface area contributed by atoms with Gasteiger partial charge in [0.1, 0.15) is 0 Å². The molecule has 6 heteroatoms. The first-order valence-electron chi connectivity index (χ1n) is 7.70. The van der Waals surface area contributed by atoms with Gasteiger partial charge in [0.15, 0.2) is 5.78 Å². The number of ketones is 1. The smallest absolute Gasteiger partial charge is 0.234 e. The minimum atomic E-state index is -0.496. The summed E-state index contributed by atoms with van der Waals surface area (Å²) in [5.74, 6) is -0.198. The highest BCUT2D eigenvalue weighted by Crippen LogP contribution is 2.22.